The summed E-state index contributed by atoms with van der Waals surface area (Å²) in [6.07, 6.45) is 0.252. The Morgan fingerprint density at radius 2 is 2.00 bits per heavy atom. The number of carbonyl (C=O) groups excluding carboxylic acids is 2. The van der Waals surface area contributed by atoms with Gasteiger partial charge in [-0.25, -0.2) is 0 Å². The van der Waals surface area contributed by atoms with Gasteiger partial charge < -0.3 is 15.0 Å². The summed E-state index contributed by atoms with van der Waals surface area (Å²) in [5.74, 6) is 0.381. The number of nitrogens with zero attached hydrogens (tertiary/aromatic N) is 1. The highest BCUT2D eigenvalue weighted by molar-refractivity contribution is 6.00. The van der Waals surface area contributed by atoms with Gasteiger partial charge in [0.25, 0.3) is 0 Å². The fourth-order valence-electron chi connectivity index (χ4n) is 3.01. The summed E-state index contributed by atoms with van der Waals surface area (Å²) < 4.78 is 5.12. The first kappa shape index (κ1) is 17.0. The van der Waals surface area contributed by atoms with Crippen LogP contribution in [0.5, 0.6) is 5.75 Å². The largest absolute Gasteiger partial charge is 0.497 e. The van der Waals surface area contributed by atoms with E-state index in [1.165, 1.54) is 0 Å². The van der Waals surface area contributed by atoms with Gasteiger partial charge in [0.15, 0.2) is 0 Å². The Balaban J connectivity index is 1.58. The van der Waals surface area contributed by atoms with Crippen molar-refractivity contribution in [3.8, 4) is 5.75 Å². The molecule has 3 rings (SSSR count). The minimum absolute atomic E-state index is 0.00445. The molecule has 1 aliphatic rings. The zero-order valence-corrected chi connectivity index (χ0v) is 14.5. The van der Waals surface area contributed by atoms with E-state index in [2.05, 4.69) is 5.32 Å². The second-order valence-electron chi connectivity index (χ2n) is 6.31. The van der Waals surface area contributed by atoms with E-state index in [0.717, 1.165) is 22.6 Å². The molecule has 1 saturated heterocycles. The van der Waals surface area contributed by atoms with Crippen molar-refractivity contribution in [1.29, 1.82) is 0 Å². The molecular weight excluding hydrogens is 316 g/mol. The average Bonchev–Trinajstić information content (AvgIpc) is 3.02. The maximum atomic E-state index is 12.4. The number of benzene rings is 2. The van der Waals surface area contributed by atoms with Crippen LogP contribution >= 0.6 is 0 Å². The van der Waals surface area contributed by atoms with Crippen molar-refractivity contribution in [2.75, 3.05) is 18.6 Å². The first-order valence-corrected chi connectivity index (χ1v) is 8.34. The minimum atomic E-state index is -0.314. The number of anilines is 1. The minimum Gasteiger partial charge on any atom is -0.497 e. The number of carbonyl (C=O) groups is 2. The second-order valence-corrected chi connectivity index (χ2v) is 6.31. The number of rotatable bonds is 5. The SMILES string of the molecule is COc1ccc(CNC(=O)[C@@H]2CC(=O)N(c3cccc(C)c3)C2)cc1. The molecule has 2 aromatic carbocycles. The van der Waals surface area contributed by atoms with Gasteiger partial charge in [-0.3, -0.25) is 9.59 Å². The first-order valence-electron chi connectivity index (χ1n) is 8.34. The topological polar surface area (TPSA) is 58.6 Å². The third-order valence-electron chi connectivity index (χ3n) is 4.43. The van der Waals surface area contributed by atoms with Crippen LogP contribution in [0.3, 0.4) is 0 Å². The van der Waals surface area contributed by atoms with Gasteiger partial charge in [-0.2, -0.15) is 0 Å². The van der Waals surface area contributed by atoms with Crippen molar-refractivity contribution < 1.29 is 14.3 Å². The van der Waals surface area contributed by atoms with Gasteiger partial charge in [0.2, 0.25) is 11.8 Å². The third kappa shape index (κ3) is 3.99. The summed E-state index contributed by atoms with van der Waals surface area (Å²) in [4.78, 5) is 26.4. The van der Waals surface area contributed by atoms with Gasteiger partial charge in [0, 0.05) is 25.2 Å². The lowest BCUT2D eigenvalue weighted by molar-refractivity contribution is -0.126. The molecule has 1 N–H and O–H groups in total. The molecule has 0 aromatic heterocycles. The molecule has 0 radical (unpaired) electrons. The van der Waals surface area contributed by atoms with Crippen molar-refractivity contribution >= 4 is 17.5 Å². The highest BCUT2D eigenvalue weighted by Crippen LogP contribution is 2.26. The van der Waals surface area contributed by atoms with Crippen LogP contribution in [0, 0.1) is 12.8 Å². The summed E-state index contributed by atoms with van der Waals surface area (Å²) in [6.45, 7) is 2.86. The zero-order chi connectivity index (χ0) is 17.8. The fraction of sp³-hybridized carbons (Fsp3) is 0.300. The van der Waals surface area contributed by atoms with Crippen molar-refractivity contribution in [3.63, 3.8) is 0 Å². The number of nitrogens with one attached hydrogen (secondary N) is 1. The molecular formula is C20H22N2O3. The van der Waals surface area contributed by atoms with Crippen LogP contribution in [0.4, 0.5) is 5.69 Å². The second kappa shape index (κ2) is 7.38. The van der Waals surface area contributed by atoms with E-state index in [4.69, 9.17) is 4.74 Å². The van der Waals surface area contributed by atoms with E-state index in [0.29, 0.717) is 13.1 Å². The molecule has 5 heteroatoms. The lowest BCUT2D eigenvalue weighted by Crippen LogP contribution is -2.32. The molecule has 5 nitrogen and oxygen atoms in total. The highest BCUT2D eigenvalue weighted by atomic mass is 16.5. The standard InChI is InChI=1S/C20H22N2O3/c1-14-4-3-5-17(10-14)22-13-16(11-19(22)23)20(24)21-12-15-6-8-18(25-2)9-7-15/h3-10,16H,11-13H2,1-2H3,(H,21,24)/t16-/m1/s1. The van der Waals surface area contributed by atoms with E-state index in [9.17, 15) is 9.59 Å². The summed E-state index contributed by atoms with van der Waals surface area (Å²) in [5, 5.41) is 2.92. The smallest absolute Gasteiger partial charge is 0.227 e. The Kier molecular flexibility index (Phi) is 5.03. The van der Waals surface area contributed by atoms with Crippen molar-refractivity contribution in [2.45, 2.75) is 19.9 Å². The number of ether oxygens (including phenoxy) is 1. The number of amides is 2. The quantitative estimate of drug-likeness (QED) is 0.912. The molecule has 1 fully saturated rings. The van der Waals surface area contributed by atoms with E-state index < -0.39 is 0 Å². The molecule has 1 heterocycles. The Bertz CT molecular complexity index is 771. The average molecular weight is 338 g/mol. The van der Waals surface area contributed by atoms with E-state index in [-0.39, 0.29) is 24.2 Å². The van der Waals surface area contributed by atoms with Gasteiger partial charge >= 0.3 is 0 Å². The highest BCUT2D eigenvalue weighted by Gasteiger charge is 2.34. The number of methoxy groups -OCH3 is 1. The molecule has 1 aliphatic heterocycles. The van der Waals surface area contributed by atoms with Crippen molar-refractivity contribution in [2.24, 2.45) is 5.92 Å². The lowest BCUT2D eigenvalue weighted by Gasteiger charge is -2.17. The van der Waals surface area contributed by atoms with Gasteiger partial charge in [-0.05, 0) is 42.3 Å². The summed E-state index contributed by atoms with van der Waals surface area (Å²) in [6, 6.07) is 15.3. The van der Waals surface area contributed by atoms with Crippen LogP contribution in [-0.4, -0.2) is 25.5 Å². The summed E-state index contributed by atoms with van der Waals surface area (Å²) in [5.41, 5.74) is 2.95. The number of hydrogen-bond donors (Lipinski definition) is 1. The maximum absolute atomic E-state index is 12.4. The van der Waals surface area contributed by atoms with Crippen LogP contribution in [0.1, 0.15) is 17.5 Å². The lowest BCUT2D eigenvalue weighted by atomic mass is 10.1. The van der Waals surface area contributed by atoms with E-state index in [1.807, 2.05) is 55.5 Å². The zero-order valence-electron chi connectivity index (χ0n) is 14.5. The summed E-state index contributed by atoms with van der Waals surface area (Å²) >= 11 is 0. The molecule has 1 atom stereocenters. The fourth-order valence-corrected chi connectivity index (χ4v) is 3.01. The Hall–Kier alpha value is -2.82. The van der Waals surface area contributed by atoms with Crippen LogP contribution in [0.15, 0.2) is 48.5 Å². The van der Waals surface area contributed by atoms with Gasteiger partial charge in [0.1, 0.15) is 5.75 Å². The van der Waals surface area contributed by atoms with E-state index >= 15 is 0 Å². The Morgan fingerprint density at radius 3 is 2.68 bits per heavy atom. The molecule has 0 spiro atoms. The van der Waals surface area contributed by atoms with Crippen LogP contribution in [0.25, 0.3) is 0 Å². The predicted octanol–water partition coefficient (Wildman–Crippen LogP) is 2.67. The predicted molar refractivity (Wildman–Crippen MR) is 96.5 cm³/mol. The Labute approximate surface area is 147 Å². The number of hydrogen-bond acceptors (Lipinski definition) is 3. The molecule has 25 heavy (non-hydrogen) atoms. The monoisotopic (exact) mass is 338 g/mol. The van der Waals surface area contributed by atoms with Crippen molar-refractivity contribution in [1.82, 2.24) is 5.32 Å². The normalized spacial score (nSPS) is 16.8. The third-order valence-corrected chi connectivity index (χ3v) is 4.43. The maximum Gasteiger partial charge on any atom is 0.227 e. The molecule has 0 aliphatic carbocycles. The summed E-state index contributed by atoms with van der Waals surface area (Å²) in [7, 11) is 1.62. The molecule has 0 bridgehead atoms. The molecule has 0 saturated carbocycles. The molecule has 2 amide bonds. The Morgan fingerprint density at radius 1 is 1.24 bits per heavy atom. The number of aryl methyl sites for hydroxylation is 1. The van der Waals surface area contributed by atoms with Gasteiger partial charge in [0.05, 0.1) is 13.0 Å². The van der Waals surface area contributed by atoms with Crippen molar-refractivity contribution in [3.05, 3.63) is 59.7 Å². The van der Waals surface area contributed by atoms with Gasteiger partial charge in [-0.1, -0.05) is 24.3 Å². The van der Waals surface area contributed by atoms with E-state index in [1.54, 1.807) is 12.0 Å². The van der Waals surface area contributed by atoms with Gasteiger partial charge in [-0.15, -0.1) is 0 Å². The van der Waals surface area contributed by atoms with Crippen LogP contribution in [0.2, 0.25) is 0 Å². The van der Waals surface area contributed by atoms with Crippen LogP contribution in [-0.2, 0) is 16.1 Å². The van der Waals surface area contributed by atoms with Crippen LogP contribution < -0.4 is 15.0 Å². The molecule has 2 aromatic rings. The first-order chi connectivity index (χ1) is 12.1. The molecule has 130 valence electrons. The molecule has 0 unspecified atom stereocenters.